The molecule has 156 valence electrons. The molecule has 1 aromatic heterocycles. The average Bonchev–Trinajstić information content (AvgIpc) is 2.74. The van der Waals surface area contributed by atoms with Crippen LogP contribution in [0.15, 0.2) is 35.1 Å². The summed E-state index contributed by atoms with van der Waals surface area (Å²) in [6.07, 6.45) is 3.25. The summed E-state index contributed by atoms with van der Waals surface area (Å²) >= 11 is 0. The van der Waals surface area contributed by atoms with Crippen molar-refractivity contribution >= 4 is 5.91 Å². The molecule has 2 aromatic rings. The number of amides is 1. The molecular weight excluding hydrogens is 370 g/mol. The number of aromatic nitrogens is 2. The molecule has 3 rings (SSSR count). The third-order valence-electron chi connectivity index (χ3n) is 5.32. The quantitative estimate of drug-likeness (QED) is 0.716. The first-order valence-electron chi connectivity index (χ1n) is 10.1. The van der Waals surface area contributed by atoms with Crippen molar-refractivity contribution in [2.24, 2.45) is 5.92 Å². The van der Waals surface area contributed by atoms with Gasteiger partial charge in [-0.05, 0) is 49.4 Å². The first-order valence-corrected chi connectivity index (χ1v) is 10.1. The Morgan fingerprint density at radius 1 is 1.21 bits per heavy atom. The van der Waals surface area contributed by atoms with E-state index in [1.807, 2.05) is 29.2 Å². The van der Waals surface area contributed by atoms with Crippen molar-refractivity contribution in [3.8, 4) is 22.8 Å². The molecule has 1 saturated heterocycles. The van der Waals surface area contributed by atoms with E-state index in [0.29, 0.717) is 36.7 Å². The van der Waals surface area contributed by atoms with Gasteiger partial charge in [-0.25, -0.2) is 4.68 Å². The zero-order chi connectivity index (χ0) is 20.8. The molecule has 0 unspecified atom stereocenters. The number of benzene rings is 1. The molecule has 2 heterocycles. The normalized spacial score (nSPS) is 16.5. The summed E-state index contributed by atoms with van der Waals surface area (Å²) in [5.41, 5.74) is 1.18. The SMILES string of the molecule is COc1ccc(-c2nn(CCCC(=O)N3CCC[C@H](C)C3)c(=O)cc2OC)cc1. The minimum atomic E-state index is -0.238. The van der Waals surface area contributed by atoms with Gasteiger partial charge in [0.2, 0.25) is 5.91 Å². The number of aryl methyl sites for hydroxylation is 1. The Morgan fingerprint density at radius 2 is 1.97 bits per heavy atom. The molecule has 29 heavy (non-hydrogen) atoms. The monoisotopic (exact) mass is 399 g/mol. The van der Waals surface area contributed by atoms with Gasteiger partial charge in [-0.1, -0.05) is 6.92 Å². The number of nitrogens with zero attached hydrogens (tertiary/aromatic N) is 3. The molecule has 1 aliphatic rings. The van der Waals surface area contributed by atoms with Gasteiger partial charge >= 0.3 is 0 Å². The minimum absolute atomic E-state index is 0.161. The lowest BCUT2D eigenvalue weighted by Gasteiger charge is -2.31. The summed E-state index contributed by atoms with van der Waals surface area (Å²) in [7, 11) is 3.13. The van der Waals surface area contributed by atoms with Gasteiger partial charge in [-0.15, -0.1) is 0 Å². The van der Waals surface area contributed by atoms with Gasteiger partial charge in [0.15, 0.2) is 5.75 Å². The zero-order valence-electron chi connectivity index (χ0n) is 17.4. The highest BCUT2D eigenvalue weighted by Gasteiger charge is 2.20. The maximum absolute atomic E-state index is 12.5. The number of hydrogen-bond donors (Lipinski definition) is 0. The molecule has 1 fully saturated rings. The summed E-state index contributed by atoms with van der Waals surface area (Å²) in [4.78, 5) is 26.8. The second kappa shape index (κ2) is 9.58. The Morgan fingerprint density at radius 3 is 2.62 bits per heavy atom. The van der Waals surface area contributed by atoms with Crippen molar-refractivity contribution < 1.29 is 14.3 Å². The van der Waals surface area contributed by atoms with Crippen LogP contribution in [0.25, 0.3) is 11.3 Å². The fourth-order valence-electron chi connectivity index (χ4n) is 3.69. The lowest BCUT2D eigenvalue weighted by molar-refractivity contribution is -0.133. The van der Waals surface area contributed by atoms with Gasteiger partial charge in [0.1, 0.15) is 11.4 Å². The van der Waals surface area contributed by atoms with Crippen molar-refractivity contribution in [2.45, 2.75) is 39.2 Å². The highest BCUT2D eigenvalue weighted by Crippen LogP contribution is 2.27. The van der Waals surface area contributed by atoms with E-state index in [4.69, 9.17) is 9.47 Å². The Labute approximate surface area is 171 Å². The number of methoxy groups -OCH3 is 2. The standard InChI is InChI=1S/C22H29N3O4/c1-16-6-4-12-24(15-16)20(26)7-5-13-25-21(27)14-19(29-3)22(23-25)17-8-10-18(28-2)11-9-17/h8-11,14,16H,4-7,12-13,15H2,1-3H3/t16-/m0/s1. The number of carbonyl (C=O) groups excluding carboxylic acids is 1. The third kappa shape index (κ3) is 5.16. The molecule has 0 N–H and O–H groups in total. The largest absolute Gasteiger partial charge is 0.497 e. The first-order chi connectivity index (χ1) is 14.0. The van der Waals surface area contributed by atoms with E-state index in [0.717, 1.165) is 30.8 Å². The Kier molecular flexibility index (Phi) is 6.90. The summed E-state index contributed by atoms with van der Waals surface area (Å²) < 4.78 is 12.0. The molecule has 0 saturated carbocycles. The molecule has 1 aliphatic heterocycles. The van der Waals surface area contributed by atoms with Crippen LogP contribution in [0.3, 0.4) is 0 Å². The smallest absolute Gasteiger partial charge is 0.270 e. The van der Waals surface area contributed by atoms with E-state index in [1.54, 1.807) is 7.11 Å². The van der Waals surface area contributed by atoms with Crippen LogP contribution >= 0.6 is 0 Å². The summed E-state index contributed by atoms with van der Waals surface area (Å²) in [6.45, 7) is 4.24. The van der Waals surface area contributed by atoms with Gasteiger partial charge in [0, 0.05) is 37.7 Å². The predicted molar refractivity (Wildman–Crippen MR) is 111 cm³/mol. The maximum Gasteiger partial charge on any atom is 0.270 e. The second-order valence-corrected chi connectivity index (χ2v) is 7.54. The number of likely N-dealkylation sites (tertiary alicyclic amines) is 1. The highest BCUT2D eigenvalue weighted by molar-refractivity contribution is 5.76. The van der Waals surface area contributed by atoms with Gasteiger partial charge in [0.25, 0.3) is 5.56 Å². The summed E-state index contributed by atoms with van der Waals surface area (Å²) in [6, 6.07) is 8.87. The molecule has 0 aliphatic carbocycles. The van der Waals surface area contributed by atoms with Crippen LogP contribution < -0.4 is 15.0 Å². The fraction of sp³-hybridized carbons (Fsp3) is 0.500. The molecule has 1 aromatic carbocycles. The van der Waals surface area contributed by atoms with Gasteiger partial charge in [0.05, 0.1) is 14.2 Å². The van der Waals surface area contributed by atoms with E-state index >= 15 is 0 Å². The van der Waals surface area contributed by atoms with Crippen LogP contribution in [0.4, 0.5) is 0 Å². The summed E-state index contributed by atoms with van der Waals surface area (Å²) in [5.74, 6) is 1.89. The van der Waals surface area contributed by atoms with Crippen LogP contribution in [0, 0.1) is 5.92 Å². The molecule has 7 nitrogen and oxygen atoms in total. The molecule has 1 atom stereocenters. The second-order valence-electron chi connectivity index (χ2n) is 7.54. The van der Waals surface area contributed by atoms with Crippen molar-refractivity contribution in [2.75, 3.05) is 27.3 Å². The number of ether oxygens (including phenoxy) is 2. The molecule has 0 radical (unpaired) electrons. The lowest BCUT2D eigenvalue weighted by atomic mass is 10.00. The van der Waals surface area contributed by atoms with E-state index in [-0.39, 0.29) is 11.5 Å². The topological polar surface area (TPSA) is 73.7 Å². The van der Waals surface area contributed by atoms with E-state index in [1.165, 1.54) is 24.3 Å². The Bertz CT molecular complexity index is 892. The maximum atomic E-state index is 12.5. The van der Waals surface area contributed by atoms with E-state index in [2.05, 4.69) is 12.0 Å². The van der Waals surface area contributed by atoms with Crippen LogP contribution in [0.1, 0.15) is 32.6 Å². The lowest BCUT2D eigenvalue weighted by Crippen LogP contribution is -2.39. The highest BCUT2D eigenvalue weighted by atomic mass is 16.5. The van der Waals surface area contributed by atoms with E-state index in [9.17, 15) is 9.59 Å². The van der Waals surface area contributed by atoms with Gasteiger partial charge in [-0.3, -0.25) is 9.59 Å². The number of piperidine rings is 1. The molecule has 1 amide bonds. The predicted octanol–water partition coefficient (Wildman–Crippen LogP) is 2.97. The van der Waals surface area contributed by atoms with Crippen LogP contribution in [0.5, 0.6) is 11.5 Å². The first kappa shape index (κ1) is 20.9. The molecule has 0 spiro atoms. The van der Waals surface area contributed by atoms with Crippen LogP contribution in [-0.4, -0.2) is 47.9 Å². The summed E-state index contributed by atoms with van der Waals surface area (Å²) in [5, 5.41) is 4.50. The molecular formula is C22H29N3O4. The van der Waals surface area contributed by atoms with Crippen molar-refractivity contribution in [3.63, 3.8) is 0 Å². The minimum Gasteiger partial charge on any atom is -0.497 e. The average molecular weight is 399 g/mol. The Balaban J connectivity index is 1.70. The van der Waals surface area contributed by atoms with E-state index < -0.39 is 0 Å². The Hall–Kier alpha value is -2.83. The zero-order valence-corrected chi connectivity index (χ0v) is 17.4. The molecule has 0 bridgehead atoms. The van der Waals surface area contributed by atoms with Gasteiger partial charge < -0.3 is 14.4 Å². The van der Waals surface area contributed by atoms with Crippen molar-refractivity contribution in [3.05, 3.63) is 40.7 Å². The third-order valence-corrected chi connectivity index (χ3v) is 5.32. The van der Waals surface area contributed by atoms with Crippen LogP contribution in [0.2, 0.25) is 0 Å². The number of rotatable bonds is 7. The molecule has 7 heteroatoms. The van der Waals surface area contributed by atoms with Crippen molar-refractivity contribution in [1.29, 1.82) is 0 Å². The fourth-order valence-corrected chi connectivity index (χ4v) is 3.69. The van der Waals surface area contributed by atoms with Crippen LogP contribution in [-0.2, 0) is 11.3 Å². The van der Waals surface area contributed by atoms with Crippen molar-refractivity contribution in [1.82, 2.24) is 14.7 Å². The number of hydrogen-bond acceptors (Lipinski definition) is 5. The number of carbonyl (C=O) groups is 1. The van der Waals surface area contributed by atoms with Gasteiger partial charge in [-0.2, -0.15) is 5.10 Å².